The van der Waals surface area contributed by atoms with Crippen LogP contribution in [0.2, 0.25) is 0 Å². The molecule has 3 heteroatoms. The lowest BCUT2D eigenvalue weighted by molar-refractivity contribution is -0.139. The number of hydrogen-bond donors (Lipinski definition) is 1. The molecule has 1 N–H and O–H groups in total. The molecule has 0 aromatic heterocycles. The number of carbonyl (C=O) groups excluding carboxylic acids is 1. The Morgan fingerprint density at radius 2 is 2.18 bits per heavy atom. The average molecular weight is 157 g/mol. The molecule has 64 valence electrons. The van der Waals surface area contributed by atoms with Crippen LogP contribution in [-0.4, -0.2) is 28.7 Å². The van der Waals surface area contributed by atoms with Gasteiger partial charge in [-0.3, -0.25) is 4.79 Å². The minimum atomic E-state index is -0.579. The highest BCUT2D eigenvalue weighted by atomic mass is 16.3. The van der Waals surface area contributed by atoms with Gasteiger partial charge in [0.2, 0.25) is 5.91 Å². The van der Waals surface area contributed by atoms with Crippen molar-refractivity contribution < 1.29 is 9.90 Å². The zero-order valence-corrected chi connectivity index (χ0v) is 7.08. The summed E-state index contributed by atoms with van der Waals surface area (Å²) >= 11 is 0. The summed E-state index contributed by atoms with van der Waals surface area (Å²) < 4.78 is 0. The van der Waals surface area contributed by atoms with Gasteiger partial charge < -0.3 is 10.0 Å². The third-order valence-electron chi connectivity index (χ3n) is 2.03. The highest BCUT2D eigenvalue weighted by molar-refractivity contribution is 5.78. The Kier molecular flexibility index (Phi) is 2.49. The van der Waals surface area contributed by atoms with Crippen molar-refractivity contribution in [2.45, 2.75) is 32.9 Å². The normalized spacial score (nSPS) is 21.5. The highest BCUT2D eigenvalue weighted by Crippen LogP contribution is 2.16. The van der Waals surface area contributed by atoms with Crippen molar-refractivity contribution in [1.29, 1.82) is 0 Å². The van der Waals surface area contributed by atoms with Crippen molar-refractivity contribution in [3.05, 3.63) is 0 Å². The largest absolute Gasteiger partial charge is 0.373 e. The zero-order chi connectivity index (χ0) is 8.43. The summed E-state index contributed by atoms with van der Waals surface area (Å²) in [6.45, 7) is 4.55. The third-order valence-corrected chi connectivity index (χ3v) is 2.03. The summed E-state index contributed by atoms with van der Waals surface area (Å²) in [6.07, 6.45) is 0.914. The molecule has 1 atom stereocenters. The van der Waals surface area contributed by atoms with Crippen LogP contribution in [0.3, 0.4) is 0 Å². The number of aliphatic hydroxyl groups excluding tert-OH is 1. The Balaban J connectivity index is 2.52. The predicted molar refractivity (Wildman–Crippen MR) is 41.8 cm³/mol. The van der Waals surface area contributed by atoms with E-state index in [2.05, 4.69) is 0 Å². The molecule has 0 radical (unpaired) electrons. The molecule has 0 saturated carbocycles. The topological polar surface area (TPSA) is 40.5 Å². The van der Waals surface area contributed by atoms with Crippen molar-refractivity contribution in [3.63, 3.8) is 0 Å². The molecular weight excluding hydrogens is 142 g/mol. The standard InChI is InChI=1S/C8H15NO2/c1-6(2)8(11)9-5-3-4-7(9)10/h6,8,11H,3-5H2,1-2H3. The van der Waals surface area contributed by atoms with Crippen LogP contribution in [0.4, 0.5) is 0 Å². The van der Waals surface area contributed by atoms with Crippen LogP contribution >= 0.6 is 0 Å². The highest BCUT2D eigenvalue weighted by Gasteiger charge is 2.27. The first-order chi connectivity index (χ1) is 5.13. The fraction of sp³-hybridized carbons (Fsp3) is 0.875. The first kappa shape index (κ1) is 8.53. The maximum absolute atomic E-state index is 11.1. The average Bonchev–Trinajstić information content (AvgIpc) is 2.33. The summed E-state index contributed by atoms with van der Waals surface area (Å²) in [5, 5.41) is 9.50. The number of amides is 1. The van der Waals surface area contributed by atoms with Gasteiger partial charge in [0.1, 0.15) is 6.23 Å². The maximum Gasteiger partial charge on any atom is 0.224 e. The molecule has 1 fully saturated rings. The van der Waals surface area contributed by atoms with Gasteiger partial charge >= 0.3 is 0 Å². The van der Waals surface area contributed by atoms with Gasteiger partial charge in [0.05, 0.1) is 0 Å². The Labute approximate surface area is 67.0 Å². The van der Waals surface area contributed by atoms with E-state index in [0.29, 0.717) is 6.42 Å². The van der Waals surface area contributed by atoms with E-state index in [0.717, 1.165) is 13.0 Å². The van der Waals surface area contributed by atoms with Gasteiger partial charge in [-0.15, -0.1) is 0 Å². The second kappa shape index (κ2) is 3.22. The molecule has 11 heavy (non-hydrogen) atoms. The zero-order valence-electron chi connectivity index (χ0n) is 7.08. The molecule has 0 spiro atoms. The summed E-state index contributed by atoms with van der Waals surface area (Å²) in [6, 6.07) is 0. The molecule has 0 aromatic rings. The fourth-order valence-corrected chi connectivity index (χ4v) is 1.31. The number of rotatable bonds is 2. The lowest BCUT2D eigenvalue weighted by Gasteiger charge is -2.25. The molecule has 1 aliphatic heterocycles. The lowest BCUT2D eigenvalue weighted by Crippen LogP contribution is -2.39. The minimum Gasteiger partial charge on any atom is -0.373 e. The van der Waals surface area contributed by atoms with Crippen molar-refractivity contribution in [2.75, 3.05) is 6.54 Å². The van der Waals surface area contributed by atoms with Crippen molar-refractivity contribution >= 4 is 5.91 Å². The van der Waals surface area contributed by atoms with E-state index in [1.165, 1.54) is 0 Å². The van der Waals surface area contributed by atoms with E-state index in [-0.39, 0.29) is 11.8 Å². The van der Waals surface area contributed by atoms with E-state index < -0.39 is 6.23 Å². The summed E-state index contributed by atoms with van der Waals surface area (Å²) in [7, 11) is 0. The Bertz CT molecular complexity index is 156. The molecule has 0 bridgehead atoms. The molecule has 3 nitrogen and oxygen atoms in total. The second-order valence-electron chi connectivity index (χ2n) is 3.35. The maximum atomic E-state index is 11.1. The molecule has 1 aliphatic rings. The summed E-state index contributed by atoms with van der Waals surface area (Å²) in [5.74, 6) is 0.225. The molecular formula is C8H15NO2. The van der Waals surface area contributed by atoms with E-state index in [1.54, 1.807) is 4.90 Å². The molecule has 0 aromatic carbocycles. The van der Waals surface area contributed by atoms with Crippen LogP contribution in [0.15, 0.2) is 0 Å². The van der Waals surface area contributed by atoms with Gasteiger partial charge in [0.25, 0.3) is 0 Å². The number of aliphatic hydroxyl groups is 1. The fourth-order valence-electron chi connectivity index (χ4n) is 1.31. The van der Waals surface area contributed by atoms with E-state index in [4.69, 9.17) is 0 Å². The first-order valence-electron chi connectivity index (χ1n) is 4.10. The van der Waals surface area contributed by atoms with Gasteiger partial charge in [-0.2, -0.15) is 0 Å². The van der Waals surface area contributed by atoms with Crippen molar-refractivity contribution in [3.8, 4) is 0 Å². The third kappa shape index (κ3) is 1.71. The van der Waals surface area contributed by atoms with Gasteiger partial charge in [-0.1, -0.05) is 13.8 Å². The van der Waals surface area contributed by atoms with E-state index in [9.17, 15) is 9.90 Å². The van der Waals surface area contributed by atoms with E-state index in [1.807, 2.05) is 13.8 Å². The summed E-state index contributed by atoms with van der Waals surface area (Å²) in [5.41, 5.74) is 0. The van der Waals surface area contributed by atoms with E-state index >= 15 is 0 Å². The van der Waals surface area contributed by atoms with Gasteiger partial charge in [0, 0.05) is 13.0 Å². The van der Waals surface area contributed by atoms with Crippen LogP contribution in [0.25, 0.3) is 0 Å². The number of likely N-dealkylation sites (tertiary alicyclic amines) is 1. The quantitative estimate of drug-likeness (QED) is 0.637. The number of carbonyl (C=O) groups is 1. The molecule has 1 amide bonds. The molecule has 1 unspecified atom stereocenters. The predicted octanol–water partition coefficient (Wildman–Crippen LogP) is 0.583. The SMILES string of the molecule is CC(C)C(O)N1CCCC1=O. The van der Waals surface area contributed by atoms with Crippen molar-refractivity contribution in [1.82, 2.24) is 4.90 Å². The van der Waals surface area contributed by atoms with Crippen LogP contribution in [0.1, 0.15) is 26.7 Å². The molecule has 1 heterocycles. The van der Waals surface area contributed by atoms with Crippen LogP contribution < -0.4 is 0 Å². The number of hydrogen-bond acceptors (Lipinski definition) is 2. The van der Waals surface area contributed by atoms with Crippen LogP contribution in [0.5, 0.6) is 0 Å². The lowest BCUT2D eigenvalue weighted by atomic mass is 10.2. The van der Waals surface area contributed by atoms with Crippen LogP contribution in [0, 0.1) is 5.92 Å². The van der Waals surface area contributed by atoms with Crippen molar-refractivity contribution in [2.24, 2.45) is 5.92 Å². The first-order valence-corrected chi connectivity index (χ1v) is 4.10. The Morgan fingerprint density at radius 3 is 2.55 bits per heavy atom. The van der Waals surface area contributed by atoms with Gasteiger partial charge in [0.15, 0.2) is 0 Å². The van der Waals surface area contributed by atoms with Crippen LogP contribution in [-0.2, 0) is 4.79 Å². The van der Waals surface area contributed by atoms with Gasteiger partial charge in [-0.25, -0.2) is 0 Å². The minimum absolute atomic E-state index is 0.0891. The second-order valence-corrected chi connectivity index (χ2v) is 3.35. The Morgan fingerprint density at radius 1 is 1.55 bits per heavy atom. The molecule has 1 saturated heterocycles. The summed E-state index contributed by atoms with van der Waals surface area (Å²) in [4.78, 5) is 12.6. The Hall–Kier alpha value is -0.570. The molecule has 1 rings (SSSR count). The van der Waals surface area contributed by atoms with Gasteiger partial charge in [-0.05, 0) is 12.3 Å². The number of nitrogens with zero attached hydrogens (tertiary/aromatic N) is 1. The smallest absolute Gasteiger partial charge is 0.224 e. The molecule has 0 aliphatic carbocycles. The monoisotopic (exact) mass is 157 g/mol.